The standard InChI is InChI=1S/C17H21ClN2/c1-4-5-7-13-10-17(20(2)3)15(11-16(13)18)14-8-6-9-19-12-14/h6,8-12H,4-5,7H2,1-3H3. The Morgan fingerprint density at radius 3 is 2.65 bits per heavy atom. The van der Waals surface area contributed by atoms with Crippen molar-refractivity contribution < 1.29 is 0 Å². The molecule has 0 N–H and O–H groups in total. The van der Waals surface area contributed by atoms with Crippen molar-refractivity contribution in [3.63, 3.8) is 0 Å². The molecule has 1 heterocycles. The SMILES string of the molecule is CCCCc1cc(N(C)C)c(-c2cccnc2)cc1Cl. The first-order valence-electron chi connectivity index (χ1n) is 7.03. The number of unbranched alkanes of at least 4 members (excludes halogenated alkanes) is 1. The van der Waals surface area contributed by atoms with Crippen molar-refractivity contribution in [1.29, 1.82) is 0 Å². The zero-order chi connectivity index (χ0) is 14.5. The zero-order valence-electron chi connectivity index (χ0n) is 12.4. The van der Waals surface area contributed by atoms with Crippen molar-refractivity contribution in [2.24, 2.45) is 0 Å². The van der Waals surface area contributed by atoms with Crippen LogP contribution in [0, 0.1) is 0 Å². The van der Waals surface area contributed by atoms with Crippen molar-refractivity contribution in [2.75, 3.05) is 19.0 Å². The van der Waals surface area contributed by atoms with Crippen molar-refractivity contribution in [2.45, 2.75) is 26.2 Å². The summed E-state index contributed by atoms with van der Waals surface area (Å²) in [5, 5.41) is 0.850. The number of benzene rings is 1. The largest absolute Gasteiger partial charge is 0.377 e. The van der Waals surface area contributed by atoms with Crippen LogP contribution in [0.5, 0.6) is 0 Å². The van der Waals surface area contributed by atoms with Crippen LogP contribution in [0.4, 0.5) is 5.69 Å². The molecule has 0 saturated carbocycles. The molecule has 2 aromatic rings. The average molecular weight is 289 g/mol. The summed E-state index contributed by atoms with van der Waals surface area (Å²) in [6, 6.07) is 8.30. The van der Waals surface area contributed by atoms with Crippen LogP contribution in [0.3, 0.4) is 0 Å². The van der Waals surface area contributed by atoms with E-state index in [4.69, 9.17) is 11.6 Å². The molecule has 106 valence electrons. The minimum atomic E-state index is 0.850. The van der Waals surface area contributed by atoms with E-state index in [2.05, 4.69) is 49.1 Å². The molecule has 1 aromatic carbocycles. The Hall–Kier alpha value is -1.54. The lowest BCUT2D eigenvalue weighted by molar-refractivity contribution is 0.795. The van der Waals surface area contributed by atoms with Gasteiger partial charge < -0.3 is 4.90 Å². The number of rotatable bonds is 5. The van der Waals surface area contributed by atoms with Crippen molar-refractivity contribution >= 4 is 17.3 Å². The summed E-state index contributed by atoms with van der Waals surface area (Å²) in [5.41, 5.74) is 4.65. The predicted molar refractivity (Wildman–Crippen MR) is 87.6 cm³/mol. The third-order valence-corrected chi connectivity index (χ3v) is 3.77. The van der Waals surface area contributed by atoms with E-state index in [1.165, 1.54) is 24.1 Å². The van der Waals surface area contributed by atoms with Crippen LogP contribution >= 0.6 is 11.6 Å². The number of halogens is 1. The monoisotopic (exact) mass is 288 g/mol. The summed E-state index contributed by atoms with van der Waals surface area (Å²) in [4.78, 5) is 6.33. The highest BCUT2D eigenvalue weighted by molar-refractivity contribution is 6.31. The zero-order valence-corrected chi connectivity index (χ0v) is 13.1. The van der Waals surface area contributed by atoms with E-state index in [-0.39, 0.29) is 0 Å². The average Bonchev–Trinajstić information content (AvgIpc) is 2.46. The molecule has 20 heavy (non-hydrogen) atoms. The Labute approximate surface area is 126 Å². The Morgan fingerprint density at radius 2 is 2.05 bits per heavy atom. The minimum Gasteiger partial charge on any atom is -0.377 e. The molecular weight excluding hydrogens is 268 g/mol. The highest BCUT2D eigenvalue weighted by Gasteiger charge is 2.12. The fourth-order valence-electron chi connectivity index (χ4n) is 2.29. The number of anilines is 1. The van der Waals surface area contributed by atoms with Gasteiger partial charge in [-0.05, 0) is 36.6 Å². The Kier molecular flexibility index (Phi) is 5.02. The smallest absolute Gasteiger partial charge is 0.0445 e. The van der Waals surface area contributed by atoms with E-state index in [0.717, 1.165) is 22.6 Å². The molecule has 0 radical (unpaired) electrons. The van der Waals surface area contributed by atoms with Gasteiger partial charge in [0.1, 0.15) is 0 Å². The van der Waals surface area contributed by atoms with Crippen molar-refractivity contribution in [1.82, 2.24) is 4.98 Å². The maximum atomic E-state index is 6.45. The first-order chi connectivity index (χ1) is 9.63. The molecule has 0 saturated heterocycles. The lowest BCUT2D eigenvalue weighted by Crippen LogP contribution is -2.11. The number of pyridine rings is 1. The fraction of sp³-hybridized carbons (Fsp3) is 0.353. The Balaban J connectivity index is 2.49. The van der Waals surface area contributed by atoms with Gasteiger partial charge in [-0.3, -0.25) is 4.98 Å². The fourth-order valence-corrected chi connectivity index (χ4v) is 2.55. The van der Waals surface area contributed by atoms with E-state index < -0.39 is 0 Å². The molecule has 0 unspecified atom stereocenters. The van der Waals surface area contributed by atoms with Gasteiger partial charge in [0, 0.05) is 48.3 Å². The van der Waals surface area contributed by atoms with Crippen LogP contribution in [0.2, 0.25) is 5.02 Å². The number of aryl methyl sites for hydroxylation is 1. The predicted octanol–water partition coefficient (Wildman–Crippen LogP) is 4.81. The number of hydrogen-bond donors (Lipinski definition) is 0. The lowest BCUT2D eigenvalue weighted by Gasteiger charge is -2.20. The molecule has 0 aliphatic carbocycles. The third kappa shape index (κ3) is 3.31. The molecule has 0 amide bonds. The van der Waals surface area contributed by atoms with Gasteiger partial charge in [-0.25, -0.2) is 0 Å². The molecule has 2 rings (SSSR count). The minimum absolute atomic E-state index is 0.850. The molecule has 0 aliphatic rings. The van der Waals surface area contributed by atoms with Gasteiger partial charge in [0.15, 0.2) is 0 Å². The molecule has 3 heteroatoms. The van der Waals surface area contributed by atoms with E-state index in [0.29, 0.717) is 0 Å². The highest BCUT2D eigenvalue weighted by Crippen LogP contribution is 2.35. The number of aromatic nitrogens is 1. The van der Waals surface area contributed by atoms with Crippen LogP contribution in [-0.2, 0) is 6.42 Å². The maximum absolute atomic E-state index is 6.45. The molecule has 0 bridgehead atoms. The van der Waals surface area contributed by atoms with Crippen LogP contribution in [0.1, 0.15) is 25.3 Å². The topological polar surface area (TPSA) is 16.1 Å². The van der Waals surface area contributed by atoms with Crippen molar-refractivity contribution in [3.8, 4) is 11.1 Å². The van der Waals surface area contributed by atoms with Gasteiger partial charge in [-0.15, -0.1) is 0 Å². The van der Waals surface area contributed by atoms with E-state index in [1.807, 2.05) is 12.3 Å². The molecule has 0 spiro atoms. The summed E-state index contributed by atoms with van der Waals surface area (Å²) < 4.78 is 0. The van der Waals surface area contributed by atoms with Gasteiger partial charge in [0.2, 0.25) is 0 Å². The molecule has 0 fully saturated rings. The van der Waals surface area contributed by atoms with Gasteiger partial charge in [-0.1, -0.05) is 31.0 Å². The first-order valence-corrected chi connectivity index (χ1v) is 7.41. The van der Waals surface area contributed by atoms with Crippen LogP contribution in [0.15, 0.2) is 36.7 Å². The molecule has 0 atom stereocenters. The summed E-state index contributed by atoms with van der Waals surface area (Å²) in [7, 11) is 4.12. The first kappa shape index (κ1) is 14.9. The lowest BCUT2D eigenvalue weighted by atomic mass is 10.00. The number of hydrogen-bond acceptors (Lipinski definition) is 2. The molecular formula is C17H21ClN2. The van der Waals surface area contributed by atoms with Gasteiger partial charge >= 0.3 is 0 Å². The Morgan fingerprint density at radius 1 is 1.25 bits per heavy atom. The summed E-state index contributed by atoms with van der Waals surface area (Å²) in [6.07, 6.45) is 7.04. The normalized spacial score (nSPS) is 10.6. The van der Waals surface area contributed by atoms with E-state index in [9.17, 15) is 0 Å². The van der Waals surface area contributed by atoms with Crippen molar-refractivity contribution in [3.05, 3.63) is 47.2 Å². The van der Waals surface area contributed by atoms with Gasteiger partial charge in [0.05, 0.1) is 0 Å². The van der Waals surface area contributed by atoms with E-state index >= 15 is 0 Å². The summed E-state index contributed by atoms with van der Waals surface area (Å²) >= 11 is 6.45. The molecule has 2 nitrogen and oxygen atoms in total. The third-order valence-electron chi connectivity index (χ3n) is 3.42. The van der Waals surface area contributed by atoms with E-state index in [1.54, 1.807) is 6.20 Å². The second kappa shape index (κ2) is 6.76. The second-order valence-electron chi connectivity index (χ2n) is 5.20. The van der Waals surface area contributed by atoms with Crippen LogP contribution < -0.4 is 4.90 Å². The van der Waals surface area contributed by atoms with Gasteiger partial charge in [0.25, 0.3) is 0 Å². The maximum Gasteiger partial charge on any atom is 0.0445 e. The quantitative estimate of drug-likeness (QED) is 0.785. The second-order valence-corrected chi connectivity index (χ2v) is 5.61. The molecule has 0 aliphatic heterocycles. The summed E-state index contributed by atoms with van der Waals surface area (Å²) in [6.45, 7) is 2.20. The van der Waals surface area contributed by atoms with Gasteiger partial charge in [-0.2, -0.15) is 0 Å². The van der Waals surface area contributed by atoms with Crippen LogP contribution in [0.25, 0.3) is 11.1 Å². The Bertz CT molecular complexity index is 565. The molecule has 1 aromatic heterocycles. The summed E-state index contributed by atoms with van der Waals surface area (Å²) in [5.74, 6) is 0. The number of nitrogens with zero attached hydrogens (tertiary/aromatic N) is 2. The van der Waals surface area contributed by atoms with Crippen LogP contribution in [-0.4, -0.2) is 19.1 Å². The highest BCUT2D eigenvalue weighted by atomic mass is 35.5.